The van der Waals surface area contributed by atoms with Crippen molar-refractivity contribution in [2.75, 3.05) is 13.7 Å². The number of benzene rings is 2. The SMILES string of the molecule is CN(C(=O)OCC1c2ccccc2-c2ccccc21)C(CC(=O)O)C(=O)Cl. The molecule has 2 aromatic carbocycles. The van der Waals surface area contributed by atoms with E-state index in [0.717, 1.165) is 27.2 Å². The lowest BCUT2D eigenvalue weighted by molar-refractivity contribution is -0.139. The van der Waals surface area contributed by atoms with Crippen LogP contribution >= 0.6 is 11.6 Å². The molecule has 1 N–H and O–H groups in total. The second-order valence-electron chi connectivity index (χ2n) is 6.33. The highest BCUT2D eigenvalue weighted by molar-refractivity contribution is 6.65. The highest BCUT2D eigenvalue weighted by Gasteiger charge is 2.32. The third-order valence-corrected chi connectivity index (χ3v) is 4.97. The Labute approximate surface area is 161 Å². The monoisotopic (exact) mass is 387 g/mol. The number of rotatable bonds is 6. The average molecular weight is 388 g/mol. The summed E-state index contributed by atoms with van der Waals surface area (Å²) in [6, 6.07) is 14.5. The van der Waals surface area contributed by atoms with Gasteiger partial charge in [0.05, 0.1) is 6.42 Å². The average Bonchev–Trinajstić information content (AvgIpc) is 2.97. The van der Waals surface area contributed by atoms with E-state index in [0.29, 0.717) is 0 Å². The molecule has 2 aromatic rings. The van der Waals surface area contributed by atoms with E-state index in [1.165, 1.54) is 7.05 Å². The van der Waals surface area contributed by atoms with Gasteiger partial charge in [-0.05, 0) is 33.9 Å². The number of aliphatic carboxylic acids is 1. The zero-order chi connectivity index (χ0) is 19.6. The van der Waals surface area contributed by atoms with Crippen LogP contribution in [0, 0.1) is 0 Å². The van der Waals surface area contributed by atoms with Gasteiger partial charge in [0.1, 0.15) is 12.6 Å². The van der Waals surface area contributed by atoms with Crippen LogP contribution in [0.25, 0.3) is 11.1 Å². The fraction of sp³-hybridized carbons (Fsp3) is 0.250. The highest BCUT2D eigenvalue weighted by Crippen LogP contribution is 2.44. The summed E-state index contributed by atoms with van der Waals surface area (Å²) in [5, 5.41) is 7.97. The van der Waals surface area contributed by atoms with Crippen LogP contribution in [0.5, 0.6) is 0 Å². The van der Waals surface area contributed by atoms with Crippen LogP contribution in [0.3, 0.4) is 0 Å². The van der Waals surface area contributed by atoms with E-state index in [4.69, 9.17) is 21.4 Å². The van der Waals surface area contributed by atoms with E-state index >= 15 is 0 Å². The Morgan fingerprint density at radius 1 is 1.07 bits per heavy atom. The van der Waals surface area contributed by atoms with Crippen LogP contribution in [0.2, 0.25) is 0 Å². The molecule has 0 aliphatic heterocycles. The molecule has 27 heavy (non-hydrogen) atoms. The van der Waals surface area contributed by atoms with Crippen LogP contribution < -0.4 is 0 Å². The third-order valence-electron chi connectivity index (χ3n) is 4.72. The molecule has 0 fully saturated rings. The van der Waals surface area contributed by atoms with E-state index in [9.17, 15) is 14.4 Å². The minimum Gasteiger partial charge on any atom is -0.481 e. The normalized spacial score (nSPS) is 13.4. The Kier molecular flexibility index (Phi) is 5.46. The first-order valence-corrected chi connectivity index (χ1v) is 8.77. The zero-order valence-corrected chi connectivity index (χ0v) is 15.3. The lowest BCUT2D eigenvalue weighted by Crippen LogP contribution is -2.42. The quantitative estimate of drug-likeness (QED) is 0.767. The van der Waals surface area contributed by atoms with Crippen molar-refractivity contribution < 1.29 is 24.2 Å². The van der Waals surface area contributed by atoms with Gasteiger partial charge < -0.3 is 9.84 Å². The summed E-state index contributed by atoms with van der Waals surface area (Å²) in [4.78, 5) is 35.6. The largest absolute Gasteiger partial charge is 0.481 e. The molecule has 1 unspecified atom stereocenters. The van der Waals surface area contributed by atoms with Crippen LogP contribution in [0.15, 0.2) is 48.5 Å². The van der Waals surface area contributed by atoms with Crippen LogP contribution in [-0.4, -0.2) is 47.0 Å². The van der Waals surface area contributed by atoms with Crippen molar-refractivity contribution in [1.82, 2.24) is 4.90 Å². The van der Waals surface area contributed by atoms with E-state index in [1.807, 2.05) is 48.5 Å². The molecule has 0 saturated heterocycles. The van der Waals surface area contributed by atoms with Crippen molar-refractivity contribution in [2.45, 2.75) is 18.4 Å². The summed E-state index contributed by atoms with van der Waals surface area (Å²) in [7, 11) is 1.30. The van der Waals surface area contributed by atoms with Gasteiger partial charge in [0.2, 0.25) is 5.24 Å². The van der Waals surface area contributed by atoms with Gasteiger partial charge in [0.25, 0.3) is 0 Å². The van der Waals surface area contributed by atoms with Gasteiger partial charge >= 0.3 is 12.1 Å². The van der Waals surface area contributed by atoms with Gasteiger partial charge in [0, 0.05) is 13.0 Å². The minimum absolute atomic E-state index is 0.0769. The fourth-order valence-corrected chi connectivity index (χ4v) is 3.58. The second-order valence-corrected chi connectivity index (χ2v) is 6.71. The Morgan fingerprint density at radius 2 is 1.59 bits per heavy atom. The molecule has 0 heterocycles. The predicted octanol–water partition coefficient (Wildman–Crippen LogP) is 3.48. The van der Waals surface area contributed by atoms with Crippen molar-refractivity contribution >= 4 is 28.9 Å². The molecular weight excluding hydrogens is 370 g/mol. The number of fused-ring (bicyclic) bond motifs is 3. The fourth-order valence-electron chi connectivity index (χ4n) is 3.36. The lowest BCUT2D eigenvalue weighted by atomic mass is 9.98. The smallest absolute Gasteiger partial charge is 0.410 e. The molecule has 3 rings (SSSR count). The molecule has 1 aliphatic carbocycles. The van der Waals surface area contributed by atoms with E-state index in [1.54, 1.807) is 0 Å². The van der Waals surface area contributed by atoms with E-state index in [-0.39, 0.29) is 12.5 Å². The topological polar surface area (TPSA) is 83.9 Å². The number of carboxylic acid groups (broad SMARTS) is 1. The first-order valence-electron chi connectivity index (χ1n) is 8.39. The maximum absolute atomic E-state index is 12.4. The number of hydrogen-bond donors (Lipinski definition) is 1. The Hall–Kier alpha value is -2.86. The van der Waals surface area contributed by atoms with Crippen molar-refractivity contribution in [2.24, 2.45) is 0 Å². The highest BCUT2D eigenvalue weighted by atomic mass is 35.5. The number of carbonyl (C=O) groups is 3. The molecule has 6 nitrogen and oxygen atoms in total. The molecular formula is C20H18ClNO5. The number of ether oxygens (including phenoxy) is 1. The molecule has 1 aliphatic rings. The summed E-state index contributed by atoms with van der Waals surface area (Å²) in [5.74, 6) is -1.35. The standard InChI is InChI=1S/C20H18ClNO5/c1-22(17(19(21)25)10-18(23)24)20(26)27-11-16-14-8-4-2-6-12(14)13-7-3-5-9-15(13)16/h2-9,16-17H,10-11H2,1H3,(H,23,24). The zero-order valence-electron chi connectivity index (χ0n) is 14.6. The number of carbonyl (C=O) groups excluding carboxylic acids is 2. The van der Waals surface area contributed by atoms with Gasteiger partial charge in [-0.3, -0.25) is 14.5 Å². The molecule has 0 bridgehead atoms. The summed E-state index contributed by atoms with van der Waals surface area (Å²) in [6.07, 6.45) is -1.37. The third kappa shape index (κ3) is 3.80. The number of amides is 1. The molecule has 140 valence electrons. The summed E-state index contributed by atoms with van der Waals surface area (Å²) in [5.41, 5.74) is 4.32. The van der Waals surface area contributed by atoms with Gasteiger partial charge in [-0.2, -0.15) is 0 Å². The Balaban J connectivity index is 1.75. The van der Waals surface area contributed by atoms with Crippen LogP contribution in [0.4, 0.5) is 4.79 Å². The van der Waals surface area contributed by atoms with Gasteiger partial charge in [-0.1, -0.05) is 48.5 Å². The minimum atomic E-state index is -1.28. The number of halogens is 1. The summed E-state index contributed by atoms with van der Waals surface area (Å²) in [6.45, 7) is 0.0769. The number of carboxylic acids is 1. The number of nitrogens with zero attached hydrogens (tertiary/aromatic N) is 1. The van der Waals surface area contributed by atoms with Crippen LogP contribution in [0.1, 0.15) is 23.5 Å². The maximum Gasteiger partial charge on any atom is 0.410 e. The van der Waals surface area contributed by atoms with E-state index in [2.05, 4.69) is 0 Å². The van der Waals surface area contributed by atoms with Crippen molar-refractivity contribution in [1.29, 1.82) is 0 Å². The van der Waals surface area contributed by atoms with Gasteiger partial charge in [0.15, 0.2) is 0 Å². The number of likely N-dealkylation sites (N-methyl/N-ethyl adjacent to an activating group) is 1. The number of hydrogen-bond acceptors (Lipinski definition) is 4. The second kappa shape index (κ2) is 7.80. The van der Waals surface area contributed by atoms with Crippen molar-refractivity contribution in [3.63, 3.8) is 0 Å². The molecule has 7 heteroatoms. The molecule has 0 aromatic heterocycles. The first kappa shape index (κ1) is 18.9. The predicted molar refractivity (Wildman–Crippen MR) is 99.7 cm³/mol. The summed E-state index contributed by atoms with van der Waals surface area (Å²) >= 11 is 5.44. The maximum atomic E-state index is 12.4. The first-order chi connectivity index (χ1) is 12.9. The summed E-state index contributed by atoms with van der Waals surface area (Å²) < 4.78 is 5.40. The Morgan fingerprint density at radius 3 is 2.07 bits per heavy atom. The molecule has 0 radical (unpaired) electrons. The molecule has 1 amide bonds. The Bertz CT molecular complexity index is 852. The van der Waals surface area contributed by atoms with Gasteiger partial charge in [-0.15, -0.1) is 0 Å². The van der Waals surface area contributed by atoms with Crippen LogP contribution in [-0.2, 0) is 14.3 Å². The molecule has 1 atom stereocenters. The van der Waals surface area contributed by atoms with Crippen molar-refractivity contribution in [3.05, 3.63) is 59.7 Å². The molecule has 0 saturated carbocycles. The molecule has 0 spiro atoms. The lowest BCUT2D eigenvalue weighted by Gasteiger charge is -2.24. The van der Waals surface area contributed by atoms with E-state index < -0.39 is 29.8 Å². The van der Waals surface area contributed by atoms with Crippen molar-refractivity contribution in [3.8, 4) is 11.1 Å². The van der Waals surface area contributed by atoms with Gasteiger partial charge in [-0.25, -0.2) is 4.79 Å².